The Morgan fingerprint density at radius 2 is 1.51 bits per heavy atom. The molecule has 3 aromatic carbocycles. The first-order chi connectivity index (χ1) is 18.5. The molecular formula is C29H25F6N3O. The van der Waals surface area contributed by atoms with Gasteiger partial charge in [0, 0.05) is 41.7 Å². The van der Waals surface area contributed by atoms with E-state index in [0.717, 1.165) is 16.8 Å². The molecule has 1 fully saturated rings. The van der Waals surface area contributed by atoms with E-state index in [1.165, 1.54) is 4.90 Å². The minimum absolute atomic E-state index is 0.0198. The number of carbonyl (C=O) groups excluding carboxylic acids is 1. The number of nitrogens with zero attached hydrogens (tertiary/aromatic N) is 3. The molecule has 0 unspecified atom stereocenters. The molecule has 0 aromatic heterocycles. The Morgan fingerprint density at radius 3 is 2.18 bits per heavy atom. The normalized spacial score (nSPS) is 19.6. The fraction of sp³-hybridized carbons (Fsp3) is 0.310. The molecule has 2 aliphatic rings. The standard InChI is InChI=1S/C29H25F6N3O/c30-28(31,32)22-13-21(14-23(15-22)29(33,34)35)27(39)37-11-10-24(16-25(37)12-19-6-2-1-3-7-19)38-18-36-17-20-8-4-5-9-26(20)38/h1-9,13-15,17,24-25H,10-12,16,18H2/t24-,25+/m0/s1. The molecular weight excluding hydrogens is 520 g/mol. The van der Waals surface area contributed by atoms with Crippen molar-refractivity contribution in [3.63, 3.8) is 0 Å². The molecule has 0 aliphatic carbocycles. The lowest BCUT2D eigenvalue weighted by Gasteiger charge is -2.45. The van der Waals surface area contributed by atoms with E-state index in [0.29, 0.717) is 38.1 Å². The largest absolute Gasteiger partial charge is 0.416 e. The lowest BCUT2D eigenvalue weighted by Crippen LogP contribution is -2.53. The molecule has 2 aliphatic heterocycles. The van der Waals surface area contributed by atoms with E-state index < -0.39 is 41.0 Å². The molecule has 39 heavy (non-hydrogen) atoms. The second-order valence-corrected chi connectivity index (χ2v) is 9.80. The smallest absolute Gasteiger partial charge is 0.348 e. The maximum absolute atomic E-state index is 13.6. The number of anilines is 1. The maximum atomic E-state index is 13.6. The van der Waals surface area contributed by atoms with Crippen LogP contribution in [0.3, 0.4) is 0 Å². The zero-order valence-electron chi connectivity index (χ0n) is 20.7. The quantitative estimate of drug-likeness (QED) is 0.337. The summed E-state index contributed by atoms with van der Waals surface area (Å²) in [4.78, 5) is 21.6. The Labute approximate surface area is 221 Å². The van der Waals surface area contributed by atoms with Gasteiger partial charge < -0.3 is 9.80 Å². The number of benzene rings is 3. The average Bonchev–Trinajstić information content (AvgIpc) is 2.92. The SMILES string of the molecule is O=C(c1cc(C(F)(F)F)cc(C(F)(F)F)c1)N1CC[C@H](N2CN=Cc3ccccc32)C[C@H]1Cc1ccccc1. The van der Waals surface area contributed by atoms with Gasteiger partial charge in [-0.3, -0.25) is 9.79 Å². The fourth-order valence-corrected chi connectivity index (χ4v) is 5.38. The first kappa shape index (κ1) is 26.8. The van der Waals surface area contributed by atoms with E-state index in [-0.39, 0.29) is 18.7 Å². The molecule has 0 radical (unpaired) electrons. The van der Waals surface area contributed by atoms with Gasteiger partial charge in [-0.05, 0) is 49.1 Å². The van der Waals surface area contributed by atoms with Gasteiger partial charge in [-0.1, -0.05) is 48.5 Å². The molecule has 10 heteroatoms. The van der Waals surface area contributed by atoms with Crippen molar-refractivity contribution in [3.05, 3.63) is 101 Å². The highest BCUT2D eigenvalue weighted by Gasteiger charge is 2.40. The zero-order chi connectivity index (χ0) is 27.8. The van der Waals surface area contributed by atoms with Crippen LogP contribution in [0.15, 0.2) is 77.8 Å². The number of hydrogen-bond acceptors (Lipinski definition) is 3. The Hall–Kier alpha value is -3.82. The number of aliphatic imine (C=N–C) groups is 1. The van der Waals surface area contributed by atoms with Crippen LogP contribution in [0.25, 0.3) is 0 Å². The van der Waals surface area contributed by atoms with Crippen molar-refractivity contribution >= 4 is 17.8 Å². The lowest BCUT2D eigenvalue weighted by molar-refractivity contribution is -0.143. The lowest BCUT2D eigenvalue weighted by atomic mass is 9.89. The van der Waals surface area contributed by atoms with Gasteiger partial charge in [-0.25, -0.2) is 0 Å². The van der Waals surface area contributed by atoms with E-state index in [2.05, 4.69) is 9.89 Å². The van der Waals surface area contributed by atoms with Gasteiger partial charge in [0.1, 0.15) is 6.67 Å². The molecule has 1 amide bonds. The average molecular weight is 546 g/mol. The number of amides is 1. The van der Waals surface area contributed by atoms with Gasteiger partial charge in [0.25, 0.3) is 5.91 Å². The summed E-state index contributed by atoms with van der Waals surface area (Å²) in [5.74, 6) is -0.844. The molecule has 2 heterocycles. The van der Waals surface area contributed by atoms with Crippen molar-refractivity contribution < 1.29 is 31.1 Å². The van der Waals surface area contributed by atoms with E-state index in [1.54, 1.807) is 6.21 Å². The monoisotopic (exact) mass is 545 g/mol. The van der Waals surface area contributed by atoms with Crippen molar-refractivity contribution in [2.24, 2.45) is 4.99 Å². The number of likely N-dealkylation sites (tertiary alicyclic amines) is 1. The van der Waals surface area contributed by atoms with Crippen molar-refractivity contribution in [3.8, 4) is 0 Å². The summed E-state index contributed by atoms with van der Waals surface area (Å²) in [6.07, 6.45) is -6.88. The van der Waals surface area contributed by atoms with Gasteiger partial charge in [-0.2, -0.15) is 26.3 Å². The molecule has 204 valence electrons. The highest BCUT2D eigenvalue weighted by molar-refractivity contribution is 5.95. The molecule has 3 aromatic rings. The van der Waals surface area contributed by atoms with Gasteiger partial charge >= 0.3 is 12.4 Å². The molecule has 1 saturated heterocycles. The summed E-state index contributed by atoms with van der Waals surface area (Å²) in [5, 5.41) is 0. The molecule has 4 nitrogen and oxygen atoms in total. The summed E-state index contributed by atoms with van der Waals surface area (Å²) >= 11 is 0. The topological polar surface area (TPSA) is 35.9 Å². The first-order valence-corrected chi connectivity index (χ1v) is 12.5. The summed E-state index contributed by atoms with van der Waals surface area (Å²) in [5.41, 5.74) is -0.746. The van der Waals surface area contributed by atoms with Crippen LogP contribution in [0.5, 0.6) is 0 Å². The van der Waals surface area contributed by atoms with Crippen LogP contribution in [0.2, 0.25) is 0 Å². The van der Waals surface area contributed by atoms with Gasteiger partial charge in [0.2, 0.25) is 0 Å². The minimum atomic E-state index is -5.03. The molecule has 0 N–H and O–H groups in total. The minimum Gasteiger partial charge on any atom is -0.348 e. The van der Waals surface area contributed by atoms with Crippen molar-refractivity contribution in [2.75, 3.05) is 18.1 Å². The van der Waals surface area contributed by atoms with Crippen LogP contribution in [-0.4, -0.2) is 42.3 Å². The Morgan fingerprint density at radius 1 is 0.872 bits per heavy atom. The molecule has 0 saturated carbocycles. The molecule has 0 spiro atoms. The second-order valence-electron chi connectivity index (χ2n) is 9.80. The number of fused-ring (bicyclic) bond motifs is 1. The number of para-hydroxylation sites is 1. The number of halogens is 6. The number of carbonyl (C=O) groups is 1. The zero-order valence-corrected chi connectivity index (χ0v) is 20.7. The van der Waals surface area contributed by atoms with Crippen LogP contribution in [-0.2, 0) is 18.8 Å². The first-order valence-electron chi connectivity index (χ1n) is 12.5. The predicted octanol–water partition coefficient (Wildman–Crippen LogP) is 6.84. The van der Waals surface area contributed by atoms with Crippen molar-refractivity contribution in [2.45, 2.75) is 43.7 Å². The van der Waals surface area contributed by atoms with Crippen LogP contribution < -0.4 is 4.90 Å². The Kier molecular flexibility index (Phi) is 7.13. The number of hydrogen-bond donors (Lipinski definition) is 0. The Balaban J connectivity index is 1.48. The van der Waals surface area contributed by atoms with Gasteiger partial charge in [-0.15, -0.1) is 0 Å². The van der Waals surface area contributed by atoms with Gasteiger partial charge in [0.15, 0.2) is 0 Å². The predicted molar refractivity (Wildman–Crippen MR) is 136 cm³/mol. The number of rotatable bonds is 4. The third-order valence-corrected chi connectivity index (χ3v) is 7.25. The maximum Gasteiger partial charge on any atom is 0.416 e. The van der Waals surface area contributed by atoms with Crippen molar-refractivity contribution in [1.29, 1.82) is 0 Å². The summed E-state index contributed by atoms with van der Waals surface area (Å²) < 4.78 is 80.9. The highest BCUT2D eigenvalue weighted by Crippen LogP contribution is 2.38. The Bertz CT molecular complexity index is 1340. The molecule has 0 bridgehead atoms. The number of alkyl halides is 6. The van der Waals surface area contributed by atoms with E-state index in [9.17, 15) is 31.1 Å². The second kappa shape index (κ2) is 10.4. The van der Waals surface area contributed by atoms with Crippen molar-refractivity contribution in [1.82, 2.24) is 4.90 Å². The highest BCUT2D eigenvalue weighted by atomic mass is 19.4. The van der Waals surface area contributed by atoms with Gasteiger partial charge in [0.05, 0.1) is 11.1 Å². The van der Waals surface area contributed by atoms with E-state index in [1.807, 2.05) is 54.6 Å². The summed E-state index contributed by atoms with van der Waals surface area (Å²) in [6, 6.07) is 17.7. The van der Waals surface area contributed by atoms with E-state index in [4.69, 9.17) is 0 Å². The third kappa shape index (κ3) is 5.79. The van der Waals surface area contributed by atoms with Crippen LogP contribution in [0.4, 0.5) is 32.0 Å². The van der Waals surface area contributed by atoms with Crippen LogP contribution >= 0.6 is 0 Å². The molecule has 5 rings (SSSR count). The summed E-state index contributed by atoms with van der Waals surface area (Å²) in [6.45, 7) is 0.608. The van der Waals surface area contributed by atoms with Crippen LogP contribution in [0.1, 0.15) is 45.5 Å². The van der Waals surface area contributed by atoms with Crippen LogP contribution in [0, 0.1) is 0 Å². The molecule has 2 atom stereocenters. The van der Waals surface area contributed by atoms with E-state index >= 15 is 0 Å². The number of piperidine rings is 1. The summed E-state index contributed by atoms with van der Waals surface area (Å²) in [7, 11) is 0. The fourth-order valence-electron chi connectivity index (χ4n) is 5.38. The third-order valence-electron chi connectivity index (χ3n) is 7.25.